The number of amides is 1. The Labute approximate surface area is 181 Å². The van der Waals surface area contributed by atoms with Gasteiger partial charge in [-0.1, -0.05) is 29.4 Å². The molecule has 0 N–H and O–H groups in total. The van der Waals surface area contributed by atoms with Crippen molar-refractivity contribution in [1.29, 1.82) is 0 Å². The van der Waals surface area contributed by atoms with Crippen LogP contribution in [0, 0.1) is 0 Å². The quantitative estimate of drug-likeness (QED) is 0.558. The summed E-state index contributed by atoms with van der Waals surface area (Å²) < 4.78 is 16.0. The number of rotatable bonds is 6. The highest BCUT2D eigenvalue weighted by molar-refractivity contribution is 5.91. The Morgan fingerprint density at radius 1 is 1.13 bits per heavy atom. The Bertz CT molecular complexity index is 1060. The predicted molar refractivity (Wildman–Crippen MR) is 117 cm³/mol. The molecular formula is C24H25N3O4. The Hall–Kier alpha value is -3.61. The van der Waals surface area contributed by atoms with Crippen molar-refractivity contribution in [3.63, 3.8) is 0 Å². The number of hydrogen-bond acceptors (Lipinski definition) is 6. The summed E-state index contributed by atoms with van der Waals surface area (Å²) >= 11 is 0. The van der Waals surface area contributed by atoms with Gasteiger partial charge in [0.1, 0.15) is 11.5 Å². The number of para-hydroxylation sites is 1. The zero-order valence-corrected chi connectivity index (χ0v) is 17.7. The van der Waals surface area contributed by atoms with E-state index in [9.17, 15) is 4.79 Å². The van der Waals surface area contributed by atoms with Crippen LogP contribution in [0.2, 0.25) is 0 Å². The smallest absolute Gasteiger partial charge is 0.261 e. The number of carbonyl (C=O) groups is 1. The highest BCUT2D eigenvalue weighted by atomic mass is 16.5. The van der Waals surface area contributed by atoms with Crippen LogP contribution in [0.4, 0.5) is 0 Å². The molecule has 1 saturated heterocycles. The number of carbonyl (C=O) groups excluding carboxylic acids is 1. The summed E-state index contributed by atoms with van der Waals surface area (Å²) in [5, 5.41) is 4.19. The molecule has 1 amide bonds. The maximum atomic E-state index is 12.7. The minimum absolute atomic E-state index is 0.0195. The monoisotopic (exact) mass is 419 g/mol. The van der Waals surface area contributed by atoms with Gasteiger partial charge in [0, 0.05) is 25.1 Å². The third-order valence-electron chi connectivity index (χ3n) is 5.41. The highest BCUT2D eigenvalue weighted by Crippen LogP contribution is 2.31. The van der Waals surface area contributed by atoms with Crippen LogP contribution in [0.25, 0.3) is 17.5 Å². The minimum atomic E-state index is -0.0195. The van der Waals surface area contributed by atoms with Crippen molar-refractivity contribution in [2.45, 2.75) is 18.8 Å². The topological polar surface area (TPSA) is 77.7 Å². The van der Waals surface area contributed by atoms with Crippen molar-refractivity contribution in [3.8, 4) is 23.0 Å². The third kappa shape index (κ3) is 4.77. The van der Waals surface area contributed by atoms with E-state index in [0.717, 1.165) is 36.3 Å². The summed E-state index contributed by atoms with van der Waals surface area (Å²) in [6, 6.07) is 15.1. The largest absolute Gasteiger partial charge is 0.497 e. The van der Waals surface area contributed by atoms with E-state index in [1.807, 2.05) is 59.5 Å². The Morgan fingerprint density at radius 2 is 1.94 bits per heavy atom. The second kappa shape index (κ2) is 9.47. The molecule has 1 atom stereocenters. The Morgan fingerprint density at radius 3 is 2.71 bits per heavy atom. The van der Waals surface area contributed by atoms with Gasteiger partial charge in [-0.25, -0.2) is 0 Å². The molecule has 1 aliphatic rings. The SMILES string of the molecule is COc1ccc(/C=C/C(=O)N2CCCC(c3noc(-c4ccccc4OC)n3)C2)cc1. The molecule has 7 heteroatoms. The molecule has 4 rings (SSSR count). The first-order chi connectivity index (χ1) is 15.2. The Kier molecular flexibility index (Phi) is 6.31. The predicted octanol–water partition coefficient (Wildman–Crippen LogP) is 4.17. The highest BCUT2D eigenvalue weighted by Gasteiger charge is 2.27. The van der Waals surface area contributed by atoms with Crippen LogP contribution in [0.5, 0.6) is 11.5 Å². The van der Waals surface area contributed by atoms with E-state index in [1.165, 1.54) is 0 Å². The number of nitrogens with zero attached hydrogens (tertiary/aromatic N) is 3. The lowest BCUT2D eigenvalue weighted by Gasteiger charge is -2.30. The molecule has 160 valence electrons. The van der Waals surface area contributed by atoms with Gasteiger partial charge in [-0.2, -0.15) is 4.98 Å². The molecule has 0 radical (unpaired) electrons. The first kappa shape index (κ1) is 20.7. The summed E-state index contributed by atoms with van der Waals surface area (Å²) in [7, 11) is 3.24. The molecule has 2 aromatic carbocycles. The molecule has 3 aromatic rings. The van der Waals surface area contributed by atoms with Crippen LogP contribution in [-0.2, 0) is 4.79 Å². The van der Waals surface area contributed by atoms with E-state index in [4.69, 9.17) is 14.0 Å². The maximum Gasteiger partial charge on any atom is 0.261 e. The average Bonchev–Trinajstić information content (AvgIpc) is 3.33. The second-order valence-corrected chi connectivity index (χ2v) is 7.39. The average molecular weight is 419 g/mol. The fraction of sp³-hybridized carbons (Fsp3) is 0.292. The van der Waals surface area contributed by atoms with Crippen molar-refractivity contribution >= 4 is 12.0 Å². The van der Waals surface area contributed by atoms with Crippen LogP contribution in [0.15, 0.2) is 59.1 Å². The number of benzene rings is 2. The van der Waals surface area contributed by atoms with Gasteiger partial charge in [0.05, 0.1) is 19.8 Å². The van der Waals surface area contributed by atoms with Crippen molar-refractivity contribution in [2.75, 3.05) is 27.3 Å². The molecule has 0 bridgehead atoms. The van der Waals surface area contributed by atoms with E-state index in [0.29, 0.717) is 24.0 Å². The van der Waals surface area contributed by atoms with Crippen LogP contribution in [0.1, 0.15) is 30.1 Å². The van der Waals surface area contributed by atoms with Gasteiger partial charge in [-0.3, -0.25) is 4.79 Å². The first-order valence-corrected chi connectivity index (χ1v) is 10.3. The number of piperidine rings is 1. The molecule has 2 heterocycles. The molecule has 0 aliphatic carbocycles. The van der Waals surface area contributed by atoms with E-state index in [-0.39, 0.29) is 11.8 Å². The lowest BCUT2D eigenvalue weighted by atomic mass is 9.97. The molecule has 1 unspecified atom stereocenters. The lowest BCUT2D eigenvalue weighted by Crippen LogP contribution is -2.38. The number of aromatic nitrogens is 2. The van der Waals surface area contributed by atoms with Crippen molar-refractivity contribution in [3.05, 3.63) is 66.0 Å². The second-order valence-electron chi connectivity index (χ2n) is 7.39. The standard InChI is InChI=1S/C24H25N3O4/c1-29-19-12-9-17(10-13-19)11-14-22(28)27-15-5-6-18(16-27)23-25-24(31-26-23)20-7-3-4-8-21(20)30-2/h3-4,7-14,18H,5-6,15-16H2,1-2H3/b14-11+. The maximum absolute atomic E-state index is 12.7. The van der Waals surface area contributed by atoms with E-state index < -0.39 is 0 Å². The number of ether oxygens (including phenoxy) is 2. The fourth-order valence-corrected chi connectivity index (χ4v) is 3.71. The zero-order chi connectivity index (χ0) is 21.6. The number of likely N-dealkylation sites (tertiary alicyclic amines) is 1. The zero-order valence-electron chi connectivity index (χ0n) is 17.7. The first-order valence-electron chi connectivity index (χ1n) is 10.3. The van der Waals surface area contributed by atoms with Gasteiger partial charge < -0.3 is 18.9 Å². The normalized spacial score (nSPS) is 16.5. The molecule has 31 heavy (non-hydrogen) atoms. The molecule has 1 aromatic heterocycles. The lowest BCUT2D eigenvalue weighted by molar-refractivity contribution is -0.127. The van der Waals surface area contributed by atoms with Crippen LogP contribution < -0.4 is 9.47 Å². The van der Waals surface area contributed by atoms with Gasteiger partial charge >= 0.3 is 0 Å². The number of methoxy groups -OCH3 is 2. The minimum Gasteiger partial charge on any atom is -0.497 e. The molecular weight excluding hydrogens is 394 g/mol. The molecule has 0 spiro atoms. The summed E-state index contributed by atoms with van der Waals surface area (Å²) in [6.07, 6.45) is 5.24. The van der Waals surface area contributed by atoms with E-state index >= 15 is 0 Å². The molecule has 1 fully saturated rings. The van der Waals surface area contributed by atoms with Crippen LogP contribution in [0.3, 0.4) is 0 Å². The van der Waals surface area contributed by atoms with E-state index in [1.54, 1.807) is 20.3 Å². The van der Waals surface area contributed by atoms with Crippen molar-refractivity contribution in [1.82, 2.24) is 15.0 Å². The number of hydrogen-bond donors (Lipinski definition) is 0. The molecule has 0 saturated carbocycles. The molecule has 7 nitrogen and oxygen atoms in total. The van der Waals surface area contributed by atoms with Gasteiger partial charge in [-0.15, -0.1) is 0 Å². The third-order valence-corrected chi connectivity index (χ3v) is 5.41. The summed E-state index contributed by atoms with van der Waals surface area (Å²) in [4.78, 5) is 19.1. The van der Waals surface area contributed by atoms with Gasteiger partial charge in [0.15, 0.2) is 5.82 Å². The van der Waals surface area contributed by atoms with Gasteiger partial charge in [-0.05, 0) is 48.7 Å². The summed E-state index contributed by atoms with van der Waals surface area (Å²) in [5.41, 5.74) is 1.71. The van der Waals surface area contributed by atoms with E-state index in [2.05, 4.69) is 10.1 Å². The summed E-state index contributed by atoms with van der Waals surface area (Å²) in [5.74, 6) is 2.54. The van der Waals surface area contributed by atoms with Crippen molar-refractivity contribution in [2.24, 2.45) is 0 Å². The van der Waals surface area contributed by atoms with Crippen LogP contribution >= 0.6 is 0 Å². The Balaban J connectivity index is 1.43. The van der Waals surface area contributed by atoms with Gasteiger partial charge in [0.25, 0.3) is 5.89 Å². The van der Waals surface area contributed by atoms with Crippen molar-refractivity contribution < 1.29 is 18.8 Å². The van der Waals surface area contributed by atoms with Crippen LogP contribution in [-0.4, -0.2) is 48.3 Å². The molecule has 1 aliphatic heterocycles. The van der Waals surface area contributed by atoms with Gasteiger partial charge in [0.2, 0.25) is 5.91 Å². The fourth-order valence-electron chi connectivity index (χ4n) is 3.71. The summed E-state index contributed by atoms with van der Waals surface area (Å²) in [6.45, 7) is 1.29.